The van der Waals surface area contributed by atoms with E-state index in [1.165, 1.54) is 0 Å². The Hall–Kier alpha value is -1.97. The first-order chi connectivity index (χ1) is 8.16. The maximum absolute atomic E-state index is 5.75. The van der Waals surface area contributed by atoms with Crippen molar-refractivity contribution in [3.05, 3.63) is 42.0 Å². The zero-order chi connectivity index (χ0) is 12.3. The van der Waals surface area contributed by atoms with Crippen LogP contribution < -0.4 is 10.5 Å². The van der Waals surface area contributed by atoms with Crippen molar-refractivity contribution in [3.63, 3.8) is 0 Å². The molecule has 0 saturated heterocycles. The van der Waals surface area contributed by atoms with E-state index in [1.54, 1.807) is 6.20 Å². The maximum Gasteiger partial charge on any atom is 0.119 e. The van der Waals surface area contributed by atoms with Gasteiger partial charge in [0, 0.05) is 31.5 Å². The molecule has 2 N–H and O–H groups in total. The van der Waals surface area contributed by atoms with E-state index >= 15 is 0 Å². The van der Waals surface area contributed by atoms with Gasteiger partial charge in [-0.15, -0.1) is 0 Å². The molecule has 4 nitrogen and oxygen atoms in total. The van der Waals surface area contributed by atoms with Crippen molar-refractivity contribution in [1.82, 2.24) is 9.55 Å². The summed E-state index contributed by atoms with van der Waals surface area (Å²) in [4.78, 5) is 4.24. The van der Waals surface area contributed by atoms with Crippen LogP contribution in [-0.2, 0) is 13.5 Å². The first-order valence-electron chi connectivity index (χ1n) is 5.62. The summed E-state index contributed by atoms with van der Waals surface area (Å²) in [7, 11) is 1.98. The normalized spacial score (nSPS) is 10.5. The zero-order valence-corrected chi connectivity index (χ0v) is 10.2. The molecule has 2 rings (SSSR count). The third kappa shape index (κ3) is 2.78. The predicted molar refractivity (Wildman–Crippen MR) is 68.0 cm³/mol. The molecular formula is C13H17N3O. The average molecular weight is 231 g/mol. The third-order valence-corrected chi connectivity index (χ3v) is 2.76. The topological polar surface area (TPSA) is 53.1 Å². The summed E-state index contributed by atoms with van der Waals surface area (Å²) < 4.78 is 7.66. The summed E-state index contributed by atoms with van der Waals surface area (Å²) in [5.41, 5.74) is 7.58. The van der Waals surface area contributed by atoms with Crippen molar-refractivity contribution < 1.29 is 4.74 Å². The maximum atomic E-state index is 5.75. The van der Waals surface area contributed by atoms with E-state index in [1.807, 2.05) is 42.9 Å². The highest BCUT2D eigenvalue weighted by Gasteiger charge is 2.01. The van der Waals surface area contributed by atoms with Gasteiger partial charge in [0.1, 0.15) is 11.6 Å². The van der Waals surface area contributed by atoms with Crippen LogP contribution in [0, 0.1) is 6.92 Å². The van der Waals surface area contributed by atoms with Gasteiger partial charge in [-0.1, -0.05) is 0 Å². The van der Waals surface area contributed by atoms with E-state index in [0.29, 0.717) is 6.61 Å². The molecule has 1 aromatic heterocycles. The van der Waals surface area contributed by atoms with E-state index in [4.69, 9.17) is 10.5 Å². The van der Waals surface area contributed by atoms with Crippen molar-refractivity contribution in [1.29, 1.82) is 0 Å². The van der Waals surface area contributed by atoms with Crippen LogP contribution in [0.25, 0.3) is 0 Å². The molecule has 0 fully saturated rings. The lowest BCUT2D eigenvalue weighted by molar-refractivity contribution is 0.317. The fourth-order valence-electron chi connectivity index (χ4n) is 1.64. The fourth-order valence-corrected chi connectivity index (χ4v) is 1.64. The molecule has 0 saturated carbocycles. The molecule has 17 heavy (non-hydrogen) atoms. The second kappa shape index (κ2) is 4.91. The Kier molecular flexibility index (Phi) is 3.32. The summed E-state index contributed by atoms with van der Waals surface area (Å²) in [6, 6.07) is 5.71. The van der Waals surface area contributed by atoms with Gasteiger partial charge in [0.15, 0.2) is 0 Å². The van der Waals surface area contributed by atoms with Crippen LogP contribution in [0.3, 0.4) is 0 Å². The van der Waals surface area contributed by atoms with Crippen LogP contribution in [0.15, 0.2) is 30.6 Å². The van der Waals surface area contributed by atoms with Crippen LogP contribution in [0.2, 0.25) is 0 Å². The van der Waals surface area contributed by atoms with Gasteiger partial charge >= 0.3 is 0 Å². The van der Waals surface area contributed by atoms with E-state index in [-0.39, 0.29) is 0 Å². The van der Waals surface area contributed by atoms with Crippen molar-refractivity contribution in [2.75, 3.05) is 12.3 Å². The summed E-state index contributed by atoms with van der Waals surface area (Å²) >= 11 is 0. The highest BCUT2D eigenvalue weighted by molar-refractivity contribution is 5.49. The van der Waals surface area contributed by atoms with Gasteiger partial charge in [-0.2, -0.15) is 0 Å². The molecule has 0 radical (unpaired) electrons. The Morgan fingerprint density at radius 1 is 1.41 bits per heavy atom. The molecule has 0 bridgehead atoms. The Bertz CT molecular complexity index is 505. The molecule has 4 heteroatoms. The molecule has 0 spiro atoms. The molecule has 0 aliphatic carbocycles. The van der Waals surface area contributed by atoms with Gasteiger partial charge in [-0.05, 0) is 30.7 Å². The number of aromatic nitrogens is 2. The third-order valence-electron chi connectivity index (χ3n) is 2.76. The Balaban J connectivity index is 1.90. The number of ether oxygens (including phenoxy) is 1. The second-order valence-electron chi connectivity index (χ2n) is 4.07. The van der Waals surface area contributed by atoms with Gasteiger partial charge in [0.25, 0.3) is 0 Å². The minimum absolute atomic E-state index is 0.619. The number of hydrogen-bond acceptors (Lipinski definition) is 3. The molecule has 0 atom stereocenters. The van der Waals surface area contributed by atoms with Crippen LogP contribution in [-0.4, -0.2) is 16.2 Å². The first-order valence-corrected chi connectivity index (χ1v) is 5.62. The predicted octanol–water partition coefficient (Wildman–Crippen LogP) is 1.93. The monoisotopic (exact) mass is 231 g/mol. The SMILES string of the molecule is Cc1cc(OCCc2nccn2C)ccc1N. The molecule has 0 amide bonds. The van der Waals surface area contributed by atoms with Gasteiger partial charge < -0.3 is 15.0 Å². The molecule has 1 heterocycles. The zero-order valence-electron chi connectivity index (χ0n) is 10.2. The minimum Gasteiger partial charge on any atom is -0.493 e. The molecule has 0 aliphatic rings. The van der Waals surface area contributed by atoms with Crippen LogP contribution in [0.5, 0.6) is 5.75 Å². The van der Waals surface area contributed by atoms with Crippen molar-refractivity contribution >= 4 is 5.69 Å². The summed E-state index contributed by atoms with van der Waals surface area (Å²) in [6.45, 7) is 2.59. The number of nitrogens with two attached hydrogens (primary N) is 1. The lowest BCUT2D eigenvalue weighted by Crippen LogP contribution is -2.06. The highest BCUT2D eigenvalue weighted by Crippen LogP contribution is 2.18. The van der Waals surface area contributed by atoms with E-state index in [0.717, 1.165) is 29.2 Å². The van der Waals surface area contributed by atoms with Crippen LogP contribution >= 0.6 is 0 Å². The molecule has 0 unspecified atom stereocenters. The fraction of sp³-hybridized carbons (Fsp3) is 0.308. The largest absolute Gasteiger partial charge is 0.493 e. The smallest absolute Gasteiger partial charge is 0.119 e. The van der Waals surface area contributed by atoms with Crippen molar-refractivity contribution in [3.8, 4) is 5.75 Å². The van der Waals surface area contributed by atoms with Crippen molar-refractivity contribution in [2.45, 2.75) is 13.3 Å². The van der Waals surface area contributed by atoms with Crippen LogP contribution in [0.4, 0.5) is 5.69 Å². The number of nitrogen functional groups attached to an aromatic ring is 1. The highest BCUT2D eigenvalue weighted by atomic mass is 16.5. The number of aryl methyl sites for hydroxylation is 2. The summed E-state index contributed by atoms with van der Waals surface area (Å²) in [5, 5.41) is 0. The second-order valence-corrected chi connectivity index (χ2v) is 4.07. The van der Waals surface area contributed by atoms with Gasteiger partial charge in [-0.25, -0.2) is 4.98 Å². The number of hydrogen-bond donors (Lipinski definition) is 1. The van der Waals surface area contributed by atoms with Crippen molar-refractivity contribution in [2.24, 2.45) is 7.05 Å². The summed E-state index contributed by atoms with van der Waals surface area (Å²) in [5.74, 6) is 1.88. The molecule has 90 valence electrons. The first kappa shape index (κ1) is 11.5. The average Bonchev–Trinajstić information content (AvgIpc) is 2.70. The number of benzene rings is 1. The number of anilines is 1. The molecule has 2 aromatic rings. The number of nitrogens with zero attached hydrogens (tertiary/aromatic N) is 2. The number of rotatable bonds is 4. The van der Waals surface area contributed by atoms with Gasteiger partial charge in [0.05, 0.1) is 6.61 Å². The molecule has 1 aromatic carbocycles. The Labute approximate surface area is 101 Å². The van der Waals surface area contributed by atoms with Gasteiger partial charge in [-0.3, -0.25) is 0 Å². The lowest BCUT2D eigenvalue weighted by Gasteiger charge is -2.08. The summed E-state index contributed by atoms with van der Waals surface area (Å²) in [6.07, 6.45) is 4.53. The molecule has 0 aliphatic heterocycles. The van der Waals surface area contributed by atoms with E-state index in [9.17, 15) is 0 Å². The molecular weight excluding hydrogens is 214 g/mol. The van der Waals surface area contributed by atoms with Crippen LogP contribution in [0.1, 0.15) is 11.4 Å². The number of imidazole rings is 1. The standard InChI is InChI=1S/C13H17N3O/c1-10-9-11(3-4-12(10)14)17-8-5-13-15-6-7-16(13)2/h3-4,6-7,9H,5,8,14H2,1-2H3. The quantitative estimate of drug-likeness (QED) is 0.818. The Morgan fingerprint density at radius 2 is 2.24 bits per heavy atom. The lowest BCUT2D eigenvalue weighted by atomic mass is 10.2. The van der Waals surface area contributed by atoms with Gasteiger partial charge in [0.2, 0.25) is 0 Å². The van der Waals surface area contributed by atoms with E-state index < -0.39 is 0 Å². The minimum atomic E-state index is 0.619. The van der Waals surface area contributed by atoms with E-state index in [2.05, 4.69) is 4.98 Å². The Morgan fingerprint density at radius 3 is 2.88 bits per heavy atom.